The minimum atomic E-state index is -0.384. The maximum absolute atomic E-state index is 12.9. The van der Waals surface area contributed by atoms with Gasteiger partial charge >= 0.3 is 5.69 Å². The third-order valence-corrected chi connectivity index (χ3v) is 5.95. The van der Waals surface area contributed by atoms with E-state index in [4.69, 9.17) is 0 Å². The molecule has 3 aromatic rings. The molecule has 6 nitrogen and oxygen atoms in total. The molecular weight excluding hydrogens is 338 g/mol. The van der Waals surface area contributed by atoms with Crippen LogP contribution in [0.25, 0.3) is 10.2 Å². The van der Waals surface area contributed by atoms with E-state index in [9.17, 15) is 14.4 Å². The Bertz CT molecular complexity index is 1120. The van der Waals surface area contributed by atoms with Gasteiger partial charge in [0.2, 0.25) is 0 Å². The number of amides is 1. The summed E-state index contributed by atoms with van der Waals surface area (Å²) in [5.74, 6) is -0.0924. The van der Waals surface area contributed by atoms with Gasteiger partial charge in [-0.15, -0.1) is 11.3 Å². The molecule has 128 valence electrons. The van der Waals surface area contributed by atoms with Gasteiger partial charge in [-0.2, -0.15) is 0 Å². The molecule has 0 radical (unpaired) electrons. The van der Waals surface area contributed by atoms with Crippen LogP contribution in [0.3, 0.4) is 0 Å². The van der Waals surface area contributed by atoms with Gasteiger partial charge < -0.3 is 4.90 Å². The van der Waals surface area contributed by atoms with Crippen LogP contribution < -0.4 is 11.2 Å². The van der Waals surface area contributed by atoms with Crippen LogP contribution in [0.5, 0.6) is 0 Å². The highest BCUT2D eigenvalue weighted by Gasteiger charge is 2.24. The molecule has 0 saturated heterocycles. The predicted molar refractivity (Wildman–Crippen MR) is 97.2 cm³/mol. The number of carbonyl (C=O) groups excluding carboxylic acids is 1. The average Bonchev–Trinajstić information content (AvgIpc) is 3.09. The summed E-state index contributed by atoms with van der Waals surface area (Å²) in [6.07, 6.45) is 0.826. The second kappa shape index (κ2) is 5.70. The smallest absolute Gasteiger partial charge is 0.331 e. The van der Waals surface area contributed by atoms with E-state index in [0.717, 1.165) is 16.6 Å². The topological polar surface area (TPSA) is 64.3 Å². The van der Waals surface area contributed by atoms with Gasteiger partial charge in [0.1, 0.15) is 4.83 Å². The molecule has 1 aliphatic heterocycles. The van der Waals surface area contributed by atoms with Gasteiger partial charge in [-0.05, 0) is 23.6 Å². The van der Waals surface area contributed by atoms with Gasteiger partial charge in [-0.25, -0.2) is 4.79 Å². The zero-order chi connectivity index (χ0) is 17.7. The minimum absolute atomic E-state index is 0.0924. The largest absolute Gasteiger partial charge is 0.333 e. The van der Waals surface area contributed by atoms with Crippen LogP contribution in [-0.2, 0) is 27.1 Å². The molecule has 3 heterocycles. The lowest BCUT2D eigenvalue weighted by molar-refractivity contribution is 0.0739. The molecule has 0 saturated carbocycles. The molecule has 0 aliphatic carbocycles. The van der Waals surface area contributed by atoms with Crippen molar-refractivity contribution in [2.45, 2.75) is 13.0 Å². The maximum atomic E-state index is 12.9. The van der Waals surface area contributed by atoms with Crippen LogP contribution in [0.2, 0.25) is 0 Å². The number of aromatic nitrogens is 2. The average molecular weight is 355 g/mol. The summed E-state index contributed by atoms with van der Waals surface area (Å²) in [6, 6.07) is 9.74. The number of carbonyl (C=O) groups is 1. The van der Waals surface area contributed by atoms with E-state index in [1.165, 1.54) is 28.5 Å². The summed E-state index contributed by atoms with van der Waals surface area (Å²) in [6.45, 7) is 1.22. The van der Waals surface area contributed by atoms with Crippen molar-refractivity contribution in [3.63, 3.8) is 0 Å². The quantitative estimate of drug-likeness (QED) is 0.664. The second-order valence-corrected chi connectivity index (χ2v) is 7.31. The number of hydrogen-bond acceptors (Lipinski definition) is 4. The Balaban J connectivity index is 1.75. The lowest BCUT2D eigenvalue weighted by atomic mass is 10.00. The first-order chi connectivity index (χ1) is 12.0. The Kier molecular flexibility index (Phi) is 3.61. The molecule has 7 heteroatoms. The predicted octanol–water partition coefficient (Wildman–Crippen LogP) is 1.50. The van der Waals surface area contributed by atoms with E-state index >= 15 is 0 Å². The first-order valence-electron chi connectivity index (χ1n) is 8.03. The van der Waals surface area contributed by atoms with Crippen molar-refractivity contribution in [1.29, 1.82) is 0 Å². The van der Waals surface area contributed by atoms with E-state index in [1.54, 1.807) is 18.0 Å². The van der Waals surface area contributed by atoms with Crippen molar-refractivity contribution < 1.29 is 4.79 Å². The van der Waals surface area contributed by atoms with Gasteiger partial charge in [-0.1, -0.05) is 24.3 Å². The first-order valence-corrected chi connectivity index (χ1v) is 8.84. The molecule has 0 bridgehead atoms. The minimum Gasteiger partial charge on any atom is -0.333 e. The number of nitrogens with zero attached hydrogens (tertiary/aromatic N) is 3. The third kappa shape index (κ3) is 2.42. The number of thiophene rings is 1. The Morgan fingerprint density at radius 1 is 1.08 bits per heavy atom. The van der Waals surface area contributed by atoms with Gasteiger partial charge in [0.05, 0.1) is 10.3 Å². The van der Waals surface area contributed by atoms with Crippen molar-refractivity contribution in [2.75, 3.05) is 6.54 Å². The molecule has 1 aliphatic rings. The van der Waals surface area contributed by atoms with Crippen LogP contribution in [0.4, 0.5) is 0 Å². The lowest BCUT2D eigenvalue weighted by Gasteiger charge is -2.28. The number of aryl methyl sites for hydroxylation is 1. The summed E-state index contributed by atoms with van der Waals surface area (Å²) in [7, 11) is 3.07. The Hall–Kier alpha value is -2.67. The van der Waals surface area contributed by atoms with E-state index in [0.29, 0.717) is 28.2 Å². The maximum Gasteiger partial charge on any atom is 0.331 e. The van der Waals surface area contributed by atoms with Crippen molar-refractivity contribution in [3.05, 3.63) is 67.2 Å². The Labute approximate surface area is 147 Å². The van der Waals surface area contributed by atoms with Crippen molar-refractivity contribution in [2.24, 2.45) is 14.1 Å². The van der Waals surface area contributed by atoms with Crippen molar-refractivity contribution in [1.82, 2.24) is 14.0 Å². The number of rotatable bonds is 1. The van der Waals surface area contributed by atoms with Gasteiger partial charge in [0, 0.05) is 27.2 Å². The summed E-state index contributed by atoms with van der Waals surface area (Å²) in [5.41, 5.74) is 1.69. The normalized spacial score (nSPS) is 13.9. The van der Waals surface area contributed by atoms with Crippen LogP contribution in [0.1, 0.15) is 20.8 Å². The van der Waals surface area contributed by atoms with Crippen LogP contribution in [0.15, 0.2) is 39.9 Å². The van der Waals surface area contributed by atoms with Crippen molar-refractivity contribution >= 4 is 27.5 Å². The molecule has 2 aromatic heterocycles. The highest BCUT2D eigenvalue weighted by molar-refractivity contribution is 7.20. The van der Waals surface area contributed by atoms with E-state index in [2.05, 4.69) is 6.07 Å². The van der Waals surface area contributed by atoms with Crippen LogP contribution >= 0.6 is 11.3 Å². The molecule has 1 aromatic carbocycles. The first kappa shape index (κ1) is 15.8. The molecule has 0 fully saturated rings. The van der Waals surface area contributed by atoms with Crippen LogP contribution in [-0.4, -0.2) is 26.5 Å². The fraction of sp³-hybridized carbons (Fsp3) is 0.278. The summed E-state index contributed by atoms with van der Waals surface area (Å²) in [5, 5.41) is 0.412. The monoisotopic (exact) mass is 355 g/mol. The van der Waals surface area contributed by atoms with E-state index < -0.39 is 0 Å². The molecular formula is C18H17N3O3S. The number of hydrogen-bond donors (Lipinski definition) is 0. The highest BCUT2D eigenvalue weighted by atomic mass is 32.1. The molecule has 0 N–H and O–H groups in total. The Morgan fingerprint density at radius 2 is 1.80 bits per heavy atom. The number of benzene rings is 1. The second-order valence-electron chi connectivity index (χ2n) is 6.28. The van der Waals surface area contributed by atoms with Crippen molar-refractivity contribution in [3.8, 4) is 0 Å². The summed E-state index contributed by atoms with van der Waals surface area (Å²) in [4.78, 5) is 40.1. The van der Waals surface area contributed by atoms with Gasteiger partial charge in [-0.3, -0.25) is 18.7 Å². The number of fused-ring (bicyclic) bond motifs is 2. The fourth-order valence-corrected chi connectivity index (χ4v) is 4.37. The summed E-state index contributed by atoms with van der Waals surface area (Å²) >= 11 is 1.20. The molecule has 1 amide bonds. The summed E-state index contributed by atoms with van der Waals surface area (Å²) < 4.78 is 2.49. The Morgan fingerprint density at radius 3 is 2.56 bits per heavy atom. The molecule has 25 heavy (non-hydrogen) atoms. The van der Waals surface area contributed by atoms with E-state index in [1.807, 2.05) is 18.2 Å². The van der Waals surface area contributed by atoms with Crippen LogP contribution in [0, 0.1) is 0 Å². The molecule has 0 atom stereocenters. The molecule has 0 spiro atoms. The standard InChI is InChI=1S/C18H17N3O3S/c1-19-15(22)13-9-14(25-17(13)20(2)18(19)24)16(23)21-8-7-11-5-3-4-6-12(11)10-21/h3-6,9H,7-8,10H2,1-2H3. The van der Waals surface area contributed by atoms with Gasteiger partial charge in [0.25, 0.3) is 11.5 Å². The molecule has 0 unspecified atom stereocenters. The highest BCUT2D eigenvalue weighted by Crippen LogP contribution is 2.26. The molecule has 4 rings (SSSR count). The fourth-order valence-electron chi connectivity index (χ4n) is 3.29. The lowest BCUT2D eigenvalue weighted by Crippen LogP contribution is -2.36. The third-order valence-electron chi connectivity index (χ3n) is 4.75. The SMILES string of the molecule is Cn1c(=O)c2cc(C(=O)N3CCc4ccccc4C3)sc2n(C)c1=O. The van der Waals surface area contributed by atoms with Gasteiger partial charge in [0.15, 0.2) is 0 Å². The van der Waals surface area contributed by atoms with E-state index in [-0.39, 0.29) is 17.2 Å². The zero-order valence-electron chi connectivity index (χ0n) is 14.0. The zero-order valence-corrected chi connectivity index (χ0v) is 14.8.